The number of pyridine rings is 1. The fourth-order valence-electron chi connectivity index (χ4n) is 2.22. The summed E-state index contributed by atoms with van der Waals surface area (Å²) in [6.07, 6.45) is 6.10. The first-order valence-corrected chi connectivity index (χ1v) is 5.45. The molecule has 1 atom stereocenters. The summed E-state index contributed by atoms with van der Waals surface area (Å²) in [5, 5.41) is 0. The van der Waals surface area contributed by atoms with Crippen molar-refractivity contribution in [3.63, 3.8) is 0 Å². The third-order valence-electron chi connectivity index (χ3n) is 3.05. The van der Waals surface area contributed by atoms with Gasteiger partial charge < -0.3 is 4.90 Å². The smallest absolute Gasteiger partial charge is 0.210 e. The SMILES string of the molecule is Cc1cccnc1[C@@H]1CCCCN1C=O. The number of rotatable bonds is 2. The van der Waals surface area contributed by atoms with Crippen LogP contribution in [0.15, 0.2) is 18.3 Å². The first kappa shape index (κ1) is 10.1. The van der Waals surface area contributed by atoms with Crippen molar-refractivity contribution in [1.82, 2.24) is 9.88 Å². The van der Waals surface area contributed by atoms with Crippen LogP contribution in [0.3, 0.4) is 0 Å². The lowest BCUT2D eigenvalue weighted by Gasteiger charge is -2.32. The Labute approximate surface area is 90.1 Å². The molecular formula is C12H16N2O. The van der Waals surface area contributed by atoms with E-state index >= 15 is 0 Å². The lowest BCUT2D eigenvalue weighted by molar-refractivity contribution is -0.121. The molecule has 0 radical (unpaired) electrons. The summed E-state index contributed by atoms with van der Waals surface area (Å²) in [5.74, 6) is 0. The van der Waals surface area contributed by atoms with Crippen molar-refractivity contribution in [2.24, 2.45) is 0 Å². The van der Waals surface area contributed by atoms with Gasteiger partial charge in [-0.05, 0) is 37.8 Å². The van der Waals surface area contributed by atoms with Crippen molar-refractivity contribution in [2.45, 2.75) is 32.2 Å². The second-order valence-electron chi connectivity index (χ2n) is 4.06. The van der Waals surface area contributed by atoms with Crippen molar-refractivity contribution in [2.75, 3.05) is 6.54 Å². The molecule has 1 saturated heterocycles. The maximum atomic E-state index is 11.0. The molecule has 1 fully saturated rings. The number of piperidine rings is 1. The lowest BCUT2D eigenvalue weighted by Crippen LogP contribution is -2.33. The van der Waals surface area contributed by atoms with E-state index < -0.39 is 0 Å². The van der Waals surface area contributed by atoms with Gasteiger partial charge in [0, 0.05) is 12.7 Å². The van der Waals surface area contributed by atoms with Gasteiger partial charge >= 0.3 is 0 Å². The number of nitrogens with zero attached hydrogens (tertiary/aromatic N) is 2. The van der Waals surface area contributed by atoms with Crippen molar-refractivity contribution < 1.29 is 4.79 Å². The number of aromatic nitrogens is 1. The molecule has 2 heterocycles. The second kappa shape index (κ2) is 4.43. The number of carbonyl (C=O) groups is 1. The van der Waals surface area contributed by atoms with Gasteiger partial charge in [-0.3, -0.25) is 9.78 Å². The van der Waals surface area contributed by atoms with Crippen LogP contribution in [0.2, 0.25) is 0 Å². The first-order valence-electron chi connectivity index (χ1n) is 5.45. The van der Waals surface area contributed by atoms with Gasteiger partial charge in [0.15, 0.2) is 0 Å². The van der Waals surface area contributed by atoms with E-state index in [-0.39, 0.29) is 6.04 Å². The summed E-state index contributed by atoms with van der Waals surface area (Å²) in [6.45, 7) is 2.92. The molecule has 1 aliphatic heterocycles. The Morgan fingerprint density at radius 3 is 3.13 bits per heavy atom. The van der Waals surface area contributed by atoms with Crippen LogP contribution in [0.5, 0.6) is 0 Å². The molecule has 0 aliphatic carbocycles. The quantitative estimate of drug-likeness (QED) is 0.691. The van der Waals surface area contributed by atoms with Gasteiger partial charge in [0.25, 0.3) is 0 Å². The Bertz CT molecular complexity index is 351. The third-order valence-corrected chi connectivity index (χ3v) is 3.05. The molecule has 80 valence electrons. The highest BCUT2D eigenvalue weighted by Gasteiger charge is 2.24. The molecule has 1 aromatic rings. The van der Waals surface area contributed by atoms with Crippen molar-refractivity contribution in [3.8, 4) is 0 Å². The molecule has 0 saturated carbocycles. The number of likely N-dealkylation sites (tertiary alicyclic amines) is 1. The van der Waals surface area contributed by atoms with Gasteiger partial charge in [0.1, 0.15) is 0 Å². The van der Waals surface area contributed by atoms with Crippen LogP contribution < -0.4 is 0 Å². The Hall–Kier alpha value is -1.38. The molecule has 3 heteroatoms. The van der Waals surface area contributed by atoms with E-state index in [2.05, 4.69) is 18.0 Å². The van der Waals surface area contributed by atoms with E-state index in [0.29, 0.717) is 0 Å². The number of aryl methyl sites for hydroxylation is 1. The molecule has 0 N–H and O–H groups in total. The monoisotopic (exact) mass is 204 g/mol. The van der Waals surface area contributed by atoms with Crippen molar-refractivity contribution in [1.29, 1.82) is 0 Å². The van der Waals surface area contributed by atoms with Gasteiger partial charge in [-0.15, -0.1) is 0 Å². The molecule has 15 heavy (non-hydrogen) atoms. The molecule has 0 aromatic carbocycles. The Morgan fingerprint density at radius 1 is 1.53 bits per heavy atom. The van der Waals surface area contributed by atoms with Crippen LogP contribution in [0.1, 0.15) is 36.6 Å². The van der Waals surface area contributed by atoms with Crippen LogP contribution in [0, 0.1) is 6.92 Å². The summed E-state index contributed by atoms with van der Waals surface area (Å²) in [6, 6.07) is 4.18. The van der Waals surface area contributed by atoms with E-state index in [0.717, 1.165) is 31.5 Å². The van der Waals surface area contributed by atoms with Crippen LogP contribution in [0.4, 0.5) is 0 Å². The highest BCUT2D eigenvalue weighted by atomic mass is 16.1. The third kappa shape index (κ3) is 2.01. The fourth-order valence-corrected chi connectivity index (χ4v) is 2.22. The zero-order chi connectivity index (χ0) is 10.7. The first-order chi connectivity index (χ1) is 7.33. The van der Waals surface area contributed by atoms with Crippen LogP contribution in [0.25, 0.3) is 0 Å². The number of carbonyl (C=O) groups excluding carboxylic acids is 1. The maximum Gasteiger partial charge on any atom is 0.210 e. The average molecular weight is 204 g/mol. The largest absolute Gasteiger partial charge is 0.337 e. The minimum absolute atomic E-state index is 0.192. The van der Waals surface area contributed by atoms with E-state index in [9.17, 15) is 4.79 Å². The molecule has 1 aliphatic rings. The van der Waals surface area contributed by atoms with E-state index in [1.54, 1.807) is 6.20 Å². The fraction of sp³-hybridized carbons (Fsp3) is 0.500. The zero-order valence-electron chi connectivity index (χ0n) is 9.02. The van der Waals surface area contributed by atoms with Crippen LogP contribution >= 0.6 is 0 Å². The lowest BCUT2D eigenvalue weighted by atomic mass is 9.97. The van der Waals surface area contributed by atoms with Gasteiger partial charge in [-0.1, -0.05) is 6.07 Å². The van der Waals surface area contributed by atoms with Gasteiger partial charge in [-0.25, -0.2) is 0 Å². The maximum absolute atomic E-state index is 11.0. The second-order valence-corrected chi connectivity index (χ2v) is 4.06. The highest BCUT2D eigenvalue weighted by molar-refractivity contribution is 5.49. The molecule has 1 aromatic heterocycles. The summed E-state index contributed by atoms with van der Waals surface area (Å²) in [5.41, 5.74) is 2.24. The summed E-state index contributed by atoms with van der Waals surface area (Å²) in [4.78, 5) is 17.2. The molecule has 0 spiro atoms. The summed E-state index contributed by atoms with van der Waals surface area (Å²) in [7, 11) is 0. The zero-order valence-corrected chi connectivity index (χ0v) is 9.02. The van der Waals surface area contributed by atoms with Crippen LogP contribution in [-0.2, 0) is 4.79 Å². The Balaban J connectivity index is 2.28. The van der Waals surface area contributed by atoms with E-state index in [1.165, 1.54) is 12.0 Å². The van der Waals surface area contributed by atoms with Crippen molar-refractivity contribution >= 4 is 6.41 Å². The van der Waals surface area contributed by atoms with E-state index in [1.807, 2.05) is 11.0 Å². The van der Waals surface area contributed by atoms with Crippen molar-refractivity contribution in [3.05, 3.63) is 29.6 Å². The minimum atomic E-state index is 0.192. The van der Waals surface area contributed by atoms with Crippen LogP contribution in [-0.4, -0.2) is 22.8 Å². The Kier molecular flexibility index (Phi) is 2.99. The Morgan fingerprint density at radius 2 is 2.40 bits per heavy atom. The predicted octanol–water partition coefficient (Wildman–Crippen LogP) is 2.07. The normalized spacial score (nSPS) is 21.4. The minimum Gasteiger partial charge on any atom is -0.337 e. The molecule has 0 bridgehead atoms. The standard InChI is InChI=1S/C12H16N2O/c1-10-5-4-7-13-12(10)11-6-2-3-8-14(11)9-15/h4-5,7,9,11H,2-3,6,8H2,1H3/t11-/m0/s1. The highest BCUT2D eigenvalue weighted by Crippen LogP contribution is 2.29. The summed E-state index contributed by atoms with van der Waals surface area (Å²) >= 11 is 0. The average Bonchev–Trinajstić information content (AvgIpc) is 2.30. The van der Waals surface area contributed by atoms with E-state index in [4.69, 9.17) is 0 Å². The van der Waals surface area contributed by atoms with Gasteiger partial charge in [0.2, 0.25) is 6.41 Å². The van der Waals surface area contributed by atoms with Gasteiger partial charge in [-0.2, -0.15) is 0 Å². The van der Waals surface area contributed by atoms with Gasteiger partial charge in [0.05, 0.1) is 11.7 Å². The number of hydrogen-bond donors (Lipinski definition) is 0. The number of hydrogen-bond acceptors (Lipinski definition) is 2. The molecular weight excluding hydrogens is 188 g/mol. The molecule has 1 amide bonds. The predicted molar refractivity (Wildman–Crippen MR) is 58.3 cm³/mol. The molecule has 0 unspecified atom stereocenters. The number of amides is 1. The summed E-state index contributed by atoms with van der Waals surface area (Å²) < 4.78 is 0. The molecule has 3 nitrogen and oxygen atoms in total. The molecule has 2 rings (SSSR count). The topological polar surface area (TPSA) is 33.2 Å².